The lowest BCUT2D eigenvalue weighted by atomic mass is 9.92. The molecule has 38 nitrogen and oxygen atoms in total. The van der Waals surface area contributed by atoms with E-state index in [1.165, 1.54) is 0 Å². The molecule has 84 heavy (non-hydrogen) atoms. The van der Waals surface area contributed by atoms with Gasteiger partial charge in [-0.25, -0.2) is 0 Å². The van der Waals surface area contributed by atoms with Crippen LogP contribution in [0.4, 0.5) is 0 Å². The molecule has 23 N–H and O–H groups in total. The Hall–Kier alpha value is -2.42. The van der Waals surface area contributed by atoms with Crippen LogP contribution in [0.1, 0.15) is 13.8 Å². The van der Waals surface area contributed by atoms with Crippen LogP contribution in [0.5, 0.6) is 0 Å². The van der Waals surface area contributed by atoms with Crippen molar-refractivity contribution in [2.24, 2.45) is 0 Å². The van der Waals surface area contributed by atoms with Crippen molar-refractivity contribution in [1.29, 1.82) is 0 Å². The van der Waals surface area contributed by atoms with Crippen LogP contribution in [-0.4, -0.2) is 380 Å². The summed E-state index contributed by atoms with van der Waals surface area (Å²) in [6, 6.07) is -3.77. The van der Waals surface area contributed by atoms with Gasteiger partial charge in [0, 0.05) is 13.8 Å². The fourth-order valence-electron chi connectivity index (χ4n) is 10.7. The van der Waals surface area contributed by atoms with E-state index in [0.717, 1.165) is 13.8 Å². The van der Waals surface area contributed by atoms with Crippen molar-refractivity contribution in [1.82, 2.24) is 10.6 Å². The molecule has 7 rings (SSSR count). The van der Waals surface area contributed by atoms with Gasteiger partial charge in [-0.15, -0.1) is 0 Å². The van der Waals surface area contributed by atoms with Crippen molar-refractivity contribution in [3.63, 3.8) is 0 Å². The third-order valence-corrected chi connectivity index (χ3v) is 15.4. The first-order chi connectivity index (χ1) is 39.7. The van der Waals surface area contributed by atoms with Gasteiger partial charge < -0.3 is 179 Å². The highest BCUT2D eigenvalue weighted by Crippen LogP contribution is 2.39. The Kier molecular flexibility index (Phi) is 24.2. The van der Waals surface area contributed by atoms with Gasteiger partial charge in [0.05, 0.1) is 46.2 Å². The molecule has 0 aromatic heterocycles. The fourth-order valence-corrected chi connectivity index (χ4v) is 10.7. The van der Waals surface area contributed by atoms with E-state index in [9.17, 15) is 117 Å². The first-order valence-electron chi connectivity index (χ1n) is 26.6. The molecule has 7 aliphatic rings. The molecule has 0 aromatic rings. The summed E-state index contributed by atoms with van der Waals surface area (Å²) in [5.74, 6) is -4.64. The van der Waals surface area contributed by atoms with Gasteiger partial charge in [-0.3, -0.25) is 9.59 Å². The summed E-state index contributed by atoms with van der Waals surface area (Å²) >= 11 is 0. The van der Waals surface area contributed by atoms with Crippen molar-refractivity contribution in [2.45, 2.75) is 222 Å². The molecule has 34 atom stereocenters. The van der Waals surface area contributed by atoms with E-state index in [4.69, 9.17) is 61.6 Å². The van der Waals surface area contributed by atoms with Gasteiger partial charge in [-0.2, -0.15) is 0 Å². The molecule has 0 spiro atoms. The molecule has 488 valence electrons. The summed E-state index contributed by atoms with van der Waals surface area (Å²) in [4.78, 5) is 26.0. The van der Waals surface area contributed by atoms with Gasteiger partial charge in [-0.05, 0) is 0 Å². The second-order valence-corrected chi connectivity index (χ2v) is 21.1. The van der Waals surface area contributed by atoms with Crippen LogP contribution in [0.15, 0.2) is 0 Å². The topological polar surface area (TPSA) is 603 Å². The van der Waals surface area contributed by atoms with Crippen LogP contribution in [-0.2, 0) is 71.2 Å². The normalized spacial score (nSPS) is 50.3. The second kappa shape index (κ2) is 29.5. The monoisotopic (exact) mass is 1230 g/mol. The van der Waals surface area contributed by atoms with Crippen LogP contribution in [0, 0.1) is 0 Å². The van der Waals surface area contributed by atoms with Crippen molar-refractivity contribution in [2.75, 3.05) is 52.9 Å². The molecule has 2 amide bonds. The van der Waals surface area contributed by atoms with E-state index >= 15 is 0 Å². The molecule has 38 heteroatoms. The molecule has 7 saturated heterocycles. The molecular formula is C46H78N2O36. The van der Waals surface area contributed by atoms with Gasteiger partial charge in [0.25, 0.3) is 0 Å². The zero-order valence-electron chi connectivity index (χ0n) is 44.7. The van der Waals surface area contributed by atoms with Gasteiger partial charge in [0.15, 0.2) is 37.7 Å². The van der Waals surface area contributed by atoms with Gasteiger partial charge >= 0.3 is 0 Å². The third kappa shape index (κ3) is 14.4. The fraction of sp³-hybridized carbons (Fsp3) is 0.957. The lowest BCUT2D eigenvalue weighted by molar-refractivity contribution is -0.404. The number of hydrogen-bond donors (Lipinski definition) is 23. The minimum absolute atomic E-state index is 0.823. The average molecular weight is 1240 g/mol. The SMILES string of the molecule is CC(=O)NC1[C@@H](OC[C@H]2O[C@@H](O[C@@H]3[C@@H](O)[C@H](O)C(O)O[C@@H]3CO)[C@H](O)[C@H](O[C@H]3O[C@@H](CO)[C@H](O)[C@H](O[C@H]4O[C@@H](CO)[C@@H](O)[C@H](O)[C@H]4O)[C@H]3NC(C)=O)[C@@H]2O)O[C@H](CO)[C@@H](O[C@H]2O[C@@H](CO)[C@@H](O)[C@H](O)[C@H]2O)[C@H]1O[C@@]1(CO)OC[C@@H](O)[C@H](O)[C@H]1O. The number of rotatable bonds is 21. The Balaban J connectivity index is 1.25. The van der Waals surface area contributed by atoms with E-state index in [-0.39, 0.29) is 0 Å². The predicted octanol–water partition coefficient (Wildman–Crippen LogP) is -16.0. The smallest absolute Gasteiger partial charge is 0.221 e. The Morgan fingerprint density at radius 1 is 0.417 bits per heavy atom. The van der Waals surface area contributed by atoms with Crippen LogP contribution in [0.25, 0.3) is 0 Å². The number of carbonyl (C=O) groups is 2. The zero-order chi connectivity index (χ0) is 62.0. The summed E-state index contributed by atoms with van der Waals surface area (Å²) in [5, 5.41) is 231. The van der Waals surface area contributed by atoms with Crippen molar-refractivity contribution in [3.05, 3.63) is 0 Å². The average Bonchev–Trinajstić information content (AvgIpc) is 1.40. The van der Waals surface area contributed by atoms with Gasteiger partial charge in [0.2, 0.25) is 17.6 Å². The number of ether oxygens (including phenoxy) is 13. The Labute approximate surface area is 475 Å². The Bertz CT molecular complexity index is 2080. The minimum atomic E-state index is -2.78. The lowest BCUT2D eigenvalue weighted by Gasteiger charge is -2.52. The van der Waals surface area contributed by atoms with E-state index in [1.807, 2.05) is 0 Å². The molecule has 0 bridgehead atoms. The maximum absolute atomic E-state index is 13.1. The second-order valence-electron chi connectivity index (χ2n) is 21.1. The summed E-state index contributed by atoms with van der Waals surface area (Å²) in [7, 11) is 0. The molecule has 7 fully saturated rings. The standard InChI is InChI=1S/C46H78N2O36/c1-11(55)47-20-36(82-44-32(68)28(64)24(60)15(4-50)77-44)25(61)16(5-51)75-42(20)83-38-26(62)19(79-45(33(38)69)80-34-17(6-52)74-40(71)30(66)29(34)65)9-72-41-21(48-12(2)56)37(84-46(10-54)39(70)22(58)13(57)8-73-46)35(18(7-53)78-41)81-43-31(67)27(63)23(59)14(3-49)76-43/h13-45,49-54,57-71H,3-10H2,1-2H3,(H,47,55)(H,48,56)/t13-,14+,15+,16+,17-,18-,19-,20-,21?,22+,23-,24-,25+,26-,27+,28+,29+,30+,31-,32-,33-,34+,35-,36-,37+,38-,39-,40?,41+,42-,43-,44-,45+,46-/m1/s1. The van der Waals surface area contributed by atoms with Gasteiger partial charge in [-0.1, -0.05) is 0 Å². The minimum Gasteiger partial charge on any atom is -0.394 e. The number of hydrogen-bond acceptors (Lipinski definition) is 36. The summed E-state index contributed by atoms with van der Waals surface area (Å²) < 4.78 is 75.8. The summed E-state index contributed by atoms with van der Waals surface area (Å²) in [6.07, 6.45) is -62.6. The summed E-state index contributed by atoms with van der Waals surface area (Å²) in [6.45, 7) is -6.48. The van der Waals surface area contributed by atoms with Crippen LogP contribution < -0.4 is 10.6 Å². The number of aliphatic hydroxyl groups excluding tert-OH is 21. The summed E-state index contributed by atoms with van der Waals surface area (Å²) in [5.41, 5.74) is 0. The highest BCUT2D eigenvalue weighted by Gasteiger charge is 2.61. The quantitative estimate of drug-likeness (QED) is 0.0507. The Morgan fingerprint density at radius 3 is 1.37 bits per heavy atom. The van der Waals surface area contributed by atoms with Crippen molar-refractivity contribution in [3.8, 4) is 0 Å². The van der Waals surface area contributed by atoms with Crippen molar-refractivity contribution < 1.29 is 178 Å². The van der Waals surface area contributed by atoms with Crippen LogP contribution in [0.3, 0.4) is 0 Å². The zero-order valence-corrected chi connectivity index (χ0v) is 44.7. The van der Waals surface area contributed by atoms with E-state index in [1.54, 1.807) is 0 Å². The molecular weight excluding hydrogens is 1160 g/mol. The van der Waals surface area contributed by atoms with Crippen molar-refractivity contribution >= 4 is 11.8 Å². The molecule has 7 heterocycles. The largest absolute Gasteiger partial charge is 0.394 e. The number of carbonyl (C=O) groups excluding carboxylic acids is 2. The van der Waals surface area contributed by atoms with Crippen LogP contribution >= 0.6 is 0 Å². The number of amides is 2. The third-order valence-electron chi connectivity index (χ3n) is 15.4. The molecule has 0 aromatic carbocycles. The molecule has 0 aliphatic carbocycles. The highest BCUT2D eigenvalue weighted by atomic mass is 16.8. The maximum atomic E-state index is 13.1. The number of aliphatic hydroxyl groups is 21. The Morgan fingerprint density at radius 2 is 0.845 bits per heavy atom. The molecule has 2 unspecified atom stereocenters. The number of nitrogens with one attached hydrogen (secondary N) is 2. The van der Waals surface area contributed by atoms with E-state index in [0.29, 0.717) is 0 Å². The first-order valence-corrected chi connectivity index (χ1v) is 26.6. The lowest BCUT2D eigenvalue weighted by Crippen LogP contribution is -2.72. The molecule has 0 saturated carbocycles. The molecule has 0 radical (unpaired) electrons. The highest BCUT2D eigenvalue weighted by molar-refractivity contribution is 5.73. The van der Waals surface area contributed by atoms with Gasteiger partial charge in [0.1, 0.15) is 171 Å². The predicted molar refractivity (Wildman–Crippen MR) is 255 cm³/mol. The molecule has 7 aliphatic heterocycles. The van der Waals surface area contributed by atoms with E-state index in [2.05, 4.69) is 10.6 Å². The first kappa shape index (κ1) is 69.1. The van der Waals surface area contributed by atoms with E-state index < -0.39 is 273 Å². The van der Waals surface area contributed by atoms with Crippen LogP contribution in [0.2, 0.25) is 0 Å². The maximum Gasteiger partial charge on any atom is 0.221 e.